The number of hydrogen-bond donors (Lipinski definition) is 0. The van der Waals surface area contributed by atoms with Crippen LogP contribution in [0.25, 0.3) is 0 Å². The Bertz CT molecular complexity index is 434. The summed E-state index contributed by atoms with van der Waals surface area (Å²) in [6, 6.07) is 8.07. The van der Waals surface area contributed by atoms with E-state index in [1.54, 1.807) is 6.92 Å². The zero-order chi connectivity index (χ0) is 12.6. The molecule has 1 saturated carbocycles. The molecule has 2 atom stereocenters. The van der Waals surface area contributed by atoms with Crippen molar-refractivity contribution in [2.75, 3.05) is 6.61 Å². The first-order valence-corrected chi connectivity index (χ1v) is 6.22. The monoisotopic (exact) mass is 232 g/mol. The van der Waals surface area contributed by atoms with E-state index >= 15 is 0 Å². The fourth-order valence-electron chi connectivity index (χ4n) is 3.00. The molecule has 0 radical (unpaired) electrons. The lowest BCUT2D eigenvalue weighted by Gasteiger charge is -2.10. The molecule has 2 heteroatoms. The summed E-state index contributed by atoms with van der Waals surface area (Å²) in [4.78, 5) is 11.6. The molecule has 0 saturated heterocycles. The number of ketones is 1. The van der Waals surface area contributed by atoms with Gasteiger partial charge in [-0.15, -0.1) is 0 Å². The maximum absolute atomic E-state index is 11.6. The number of carbonyl (C=O) groups excluding carboxylic acids is 1. The molecule has 17 heavy (non-hydrogen) atoms. The number of Topliss-reactive ketones (excluding diaryl/α,β-unsaturated/α-hetero) is 1. The highest BCUT2D eigenvalue weighted by molar-refractivity contribution is 5.84. The number of para-hydroxylation sites is 1. The summed E-state index contributed by atoms with van der Waals surface area (Å²) in [6.45, 7) is 8.65. The molecule has 1 aliphatic rings. The molecule has 2 nitrogen and oxygen atoms in total. The van der Waals surface area contributed by atoms with Gasteiger partial charge >= 0.3 is 0 Å². The second-order valence-corrected chi connectivity index (χ2v) is 5.36. The van der Waals surface area contributed by atoms with Crippen molar-refractivity contribution in [3.63, 3.8) is 0 Å². The topological polar surface area (TPSA) is 26.3 Å². The number of rotatable bonds is 4. The molecule has 0 aromatic heterocycles. The van der Waals surface area contributed by atoms with Gasteiger partial charge in [-0.25, -0.2) is 0 Å². The molecule has 0 heterocycles. The summed E-state index contributed by atoms with van der Waals surface area (Å²) < 4.78 is 5.65. The van der Waals surface area contributed by atoms with E-state index in [4.69, 9.17) is 4.74 Å². The van der Waals surface area contributed by atoms with Gasteiger partial charge in [-0.2, -0.15) is 0 Å². The molecule has 2 rings (SSSR count). The van der Waals surface area contributed by atoms with E-state index in [0.717, 1.165) is 5.75 Å². The van der Waals surface area contributed by atoms with Crippen molar-refractivity contribution >= 4 is 5.78 Å². The minimum atomic E-state index is 0.0685. The number of ether oxygens (including phenoxy) is 1. The lowest BCUT2D eigenvalue weighted by Crippen LogP contribution is -1.99. The SMILES string of the molecule is CCOc1ccccc1C1C(C(C)=O)C1(C)C. The van der Waals surface area contributed by atoms with Crippen LogP contribution < -0.4 is 4.74 Å². The average molecular weight is 232 g/mol. The van der Waals surface area contributed by atoms with Gasteiger partial charge < -0.3 is 4.74 Å². The molecule has 0 aliphatic heterocycles. The number of benzene rings is 1. The molecule has 92 valence electrons. The van der Waals surface area contributed by atoms with Crippen molar-refractivity contribution in [1.29, 1.82) is 0 Å². The van der Waals surface area contributed by atoms with Crippen LogP contribution in [0.1, 0.15) is 39.2 Å². The number of carbonyl (C=O) groups is 1. The van der Waals surface area contributed by atoms with E-state index in [9.17, 15) is 4.79 Å². The van der Waals surface area contributed by atoms with Crippen LogP contribution in [-0.4, -0.2) is 12.4 Å². The van der Waals surface area contributed by atoms with Crippen LogP contribution in [0.3, 0.4) is 0 Å². The van der Waals surface area contributed by atoms with Gasteiger partial charge in [0.05, 0.1) is 6.61 Å². The second kappa shape index (κ2) is 4.17. The van der Waals surface area contributed by atoms with Crippen LogP contribution in [-0.2, 0) is 4.79 Å². The molecule has 1 aromatic carbocycles. The molecule has 0 N–H and O–H groups in total. The zero-order valence-corrected chi connectivity index (χ0v) is 11.0. The van der Waals surface area contributed by atoms with Gasteiger partial charge in [0.2, 0.25) is 0 Å². The largest absolute Gasteiger partial charge is 0.494 e. The molecule has 2 unspecified atom stereocenters. The van der Waals surface area contributed by atoms with Gasteiger partial charge in [0, 0.05) is 11.8 Å². The van der Waals surface area contributed by atoms with Crippen molar-refractivity contribution in [2.45, 2.75) is 33.6 Å². The van der Waals surface area contributed by atoms with Crippen LogP contribution in [0, 0.1) is 11.3 Å². The van der Waals surface area contributed by atoms with Gasteiger partial charge in [0.1, 0.15) is 11.5 Å². The first-order valence-electron chi connectivity index (χ1n) is 6.22. The smallest absolute Gasteiger partial charge is 0.134 e. The first-order chi connectivity index (χ1) is 8.00. The van der Waals surface area contributed by atoms with Gasteiger partial charge in [-0.05, 0) is 30.9 Å². The van der Waals surface area contributed by atoms with Crippen molar-refractivity contribution in [1.82, 2.24) is 0 Å². The molecule has 0 spiro atoms. The maximum Gasteiger partial charge on any atom is 0.134 e. The van der Waals surface area contributed by atoms with Crippen molar-refractivity contribution in [3.8, 4) is 5.75 Å². The summed E-state index contributed by atoms with van der Waals surface area (Å²) in [5.74, 6) is 1.66. The number of hydrogen-bond acceptors (Lipinski definition) is 2. The van der Waals surface area contributed by atoms with E-state index in [-0.39, 0.29) is 17.1 Å². The van der Waals surface area contributed by atoms with Gasteiger partial charge in [-0.3, -0.25) is 4.79 Å². The normalized spacial score (nSPS) is 25.4. The van der Waals surface area contributed by atoms with Crippen LogP contribution in [0.4, 0.5) is 0 Å². The third-order valence-corrected chi connectivity index (χ3v) is 3.82. The fraction of sp³-hybridized carbons (Fsp3) is 0.533. The Morgan fingerprint density at radius 3 is 2.53 bits per heavy atom. The first kappa shape index (κ1) is 12.2. The van der Waals surface area contributed by atoms with E-state index < -0.39 is 0 Å². The molecule has 0 bridgehead atoms. The maximum atomic E-state index is 11.6. The van der Waals surface area contributed by atoms with Gasteiger partial charge in [0.25, 0.3) is 0 Å². The fourth-order valence-corrected chi connectivity index (χ4v) is 3.00. The summed E-state index contributed by atoms with van der Waals surface area (Å²) in [5.41, 5.74) is 1.25. The van der Waals surface area contributed by atoms with Crippen LogP contribution in [0.2, 0.25) is 0 Å². The van der Waals surface area contributed by atoms with Crippen molar-refractivity contribution in [3.05, 3.63) is 29.8 Å². The summed E-state index contributed by atoms with van der Waals surface area (Å²) in [7, 11) is 0. The predicted octanol–water partition coefficient (Wildman–Crippen LogP) is 3.41. The minimum absolute atomic E-state index is 0.0685. The zero-order valence-electron chi connectivity index (χ0n) is 11.0. The average Bonchev–Trinajstić information content (AvgIpc) is 2.83. The molecule has 1 aromatic rings. The van der Waals surface area contributed by atoms with Crippen LogP contribution in [0.15, 0.2) is 24.3 Å². The van der Waals surface area contributed by atoms with E-state index in [1.165, 1.54) is 5.56 Å². The Morgan fingerprint density at radius 2 is 2.00 bits per heavy atom. The Kier molecular flexibility index (Phi) is 2.98. The van der Waals surface area contributed by atoms with Crippen LogP contribution in [0.5, 0.6) is 5.75 Å². The second-order valence-electron chi connectivity index (χ2n) is 5.36. The molecule has 1 fully saturated rings. The van der Waals surface area contributed by atoms with E-state index in [2.05, 4.69) is 19.9 Å². The molecular weight excluding hydrogens is 212 g/mol. The molecular formula is C15H20O2. The summed E-state index contributed by atoms with van der Waals surface area (Å²) in [6.07, 6.45) is 0. The quantitative estimate of drug-likeness (QED) is 0.795. The summed E-state index contributed by atoms with van der Waals surface area (Å²) in [5, 5.41) is 0. The Labute approximate surface area is 103 Å². The Morgan fingerprint density at radius 1 is 1.35 bits per heavy atom. The van der Waals surface area contributed by atoms with Gasteiger partial charge in [0.15, 0.2) is 0 Å². The standard InChI is InChI=1S/C15H20O2/c1-5-17-12-9-7-6-8-11(12)14-13(10(2)16)15(14,3)4/h6-9,13-14H,5H2,1-4H3. The van der Waals surface area contributed by atoms with Crippen molar-refractivity contribution in [2.24, 2.45) is 11.3 Å². The lowest BCUT2D eigenvalue weighted by molar-refractivity contribution is -0.118. The Balaban J connectivity index is 2.33. The van der Waals surface area contributed by atoms with E-state index in [0.29, 0.717) is 12.5 Å². The Hall–Kier alpha value is -1.31. The highest BCUT2D eigenvalue weighted by atomic mass is 16.5. The predicted molar refractivity (Wildman–Crippen MR) is 68.3 cm³/mol. The van der Waals surface area contributed by atoms with E-state index in [1.807, 2.05) is 25.1 Å². The van der Waals surface area contributed by atoms with Crippen molar-refractivity contribution < 1.29 is 9.53 Å². The third kappa shape index (κ3) is 1.97. The highest BCUT2D eigenvalue weighted by Crippen LogP contribution is 2.65. The summed E-state index contributed by atoms with van der Waals surface area (Å²) >= 11 is 0. The minimum Gasteiger partial charge on any atom is -0.494 e. The third-order valence-electron chi connectivity index (χ3n) is 3.82. The van der Waals surface area contributed by atoms with Crippen LogP contribution >= 0.6 is 0 Å². The van der Waals surface area contributed by atoms with Gasteiger partial charge in [-0.1, -0.05) is 32.0 Å². The molecule has 0 amide bonds. The lowest BCUT2D eigenvalue weighted by atomic mass is 10.0. The molecule has 1 aliphatic carbocycles. The highest BCUT2D eigenvalue weighted by Gasteiger charge is 2.61.